The van der Waals surface area contributed by atoms with Crippen LogP contribution in [0.3, 0.4) is 0 Å². The van der Waals surface area contributed by atoms with Crippen molar-refractivity contribution in [3.05, 3.63) is 67.1 Å². The fourth-order valence-electron chi connectivity index (χ4n) is 2.53. The molecule has 3 rings (SSSR count). The average molecular weight is 430 g/mol. The van der Waals surface area contributed by atoms with Crippen LogP contribution in [0.4, 0.5) is 11.4 Å². The normalized spacial score (nSPS) is 14.5. The molecule has 0 aliphatic carbocycles. The summed E-state index contributed by atoms with van der Waals surface area (Å²) in [4.78, 5) is 32.8. The lowest BCUT2D eigenvalue weighted by Gasteiger charge is -2.12. The summed E-state index contributed by atoms with van der Waals surface area (Å²) in [5.41, 5.74) is -0.398. The molecule has 0 saturated carbocycles. The summed E-state index contributed by atoms with van der Waals surface area (Å²) in [7, 11) is 0. The minimum atomic E-state index is -0.771. The molecular formula is C18H14N4O7S. The zero-order valence-electron chi connectivity index (χ0n) is 15.4. The summed E-state index contributed by atoms with van der Waals surface area (Å²) in [5.74, 6) is -0.146. The topological polar surface area (TPSA) is 158 Å². The van der Waals surface area contributed by atoms with E-state index in [0.717, 1.165) is 30.0 Å². The average Bonchev–Trinajstić information content (AvgIpc) is 3.00. The number of ether oxygens (including phenoxy) is 2. The van der Waals surface area contributed by atoms with Crippen molar-refractivity contribution in [1.29, 1.82) is 5.41 Å². The highest BCUT2D eigenvalue weighted by molar-refractivity contribution is 8.18. The minimum absolute atomic E-state index is 0.0294. The van der Waals surface area contributed by atoms with Crippen LogP contribution in [0.25, 0.3) is 6.08 Å². The van der Waals surface area contributed by atoms with Crippen molar-refractivity contribution in [3.8, 4) is 17.2 Å². The molecule has 1 aliphatic rings. The van der Waals surface area contributed by atoms with Gasteiger partial charge >= 0.3 is 5.69 Å². The van der Waals surface area contributed by atoms with Crippen molar-refractivity contribution in [1.82, 2.24) is 5.32 Å². The molecule has 30 heavy (non-hydrogen) atoms. The van der Waals surface area contributed by atoms with Crippen LogP contribution in [0, 0.1) is 25.6 Å². The van der Waals surface area contributed by atoms with Gasteiger partial charge in [0.25, 0.3) is 11.6 Å². The maximum Gasteiger partial charge on any atom is 0.318 e. The third-order valence-corrected chi connectivity index (χ3v) is 4.63. The van der Waals surface area contributed by atoms with Gasteiger partial charge in [-0.05, 0) is 48.5 Å². The third-order valence-electron chi connectivity index (χ3n) is 3.80. The van der Waals surface area contributed by atoms with E-state index < -0.39 is 21.2 Å². The number of nitrogens with one attached hydrogen (secondary N) is 2. The van der Waals surface area contributed by atoms with E-state index in [0.29, 0.717) is 10.5 Å². The van der Waals surface area contributed by atoms with Crippen molar-refractivity contribution in [3.63, 3.8) is 0 Å². The molecule has 0 radical (unpaired) electrons. The van der Waals surface area contributed by atoms with Crippen LogP contribution < -0.4 is 14.8 Å². The Morgan fingerprint density at radius 3 is 2.43 bits per heavy atom. The zero-order chi connectivity index (χ0) is 21.8. The van der Waals surface area contributed by atoms with Crippen molar-refractivity contribution in [2.75, 3.05) is 6.61 Å². The molecule has 1 fully saturated rings. The van der Waals surface area contributed by atoms with Crippen LogP contribution >= 0.6 is 11.8 Å². The summed E-state index contributed by atoms with van der Waals surface area (Å²) in [6, 6.07) is 7.76. The number of non-ortho nitro benzene ring substituents is 1. The number of rotatable bonds is 7. The highest BCUT2D eigenvalue weighted by atomic mass is 32.2. The molecule has 2 N–H and O–H groups in total. The van der Waals surface area contributed by atoms with Gasteiger partial charge in [0.15, 0.2) is 16.7 Å². The van der Waals surface area contributed by atoms with Gasteiger partial charge in [-0.1, -0.05) is 6.07 Å². The predicted octanol–water partition coefficient (Wildman–Crippen LogP) is 3.83. The summed E-state index contributed by atoms with van der Waals surface area (Å²) < 4.78 is 11.2. The van der Waals surface area contributed by atoms with E-state index in [1.807, 2.05) is 0 Å². The van der Waals surface area contributed by atoms with Gasteiger partial charge in [-0.25, -0.2) is 0 Å². The van der Waals surface area contributed by atoms with E-state index in [9.17, 15) is 25.0 Å². The number of nitro benzene ring substituents is 2. The number of nitro groups is 2. The molecule has 1 aliphatic heterocycles. The summed E-state index contributed by atoms with van der Waals surface area (Å²) in [6.45, 7) is 2.02. The molecular weight excluding hydrogens is 416 g/mol. The van der Waals surface area contributed by atoms with Crippen molar-refractivity contribution < 1.29 is 24.1 Å². The lowest BCUT2D eigenvalue weighted by Crippen LogP contribution is -2.18. The molecule has 0 unspecified atom stereocenters. The molecule has 11 nitrogen and oxygen atoms in total. The molecule has 2 aromatic carbocycles. The second kappa shape index (κ2) is 8.61. The quantitative estimate of drug-likeness (QED) is 0.381. The Morgan fingerprint density at radius 2 is 1.83 bits per heavy atom. The van der Waals surface area contributed by atoms with Crippen molar-refractivity contribution in [2.45, 2.75) is 6.92 Å². The van der Waals surface area contributed by atoms with E-state index in [2.05, 4.69) is 5.32 Å². The van der Waals surface area contributed by atoms with Crippen LogP contribution in [0.5, 0.6) is 17.2 Å². The minimum Gasteiger partial charge on any atom is -0.490 e. The van der Waals surface area contributed by atoms with E-state index in [4.69, 9.17) is 14.9 Å². The SMILES string of the molecule is CCOc1cc(/C=C2\SC(=N)NC2=O)ccc1Oc1ccc([N+](=O)[O-])cc1[N+](=O)[O-]. The Kier molecular flexibility index (Phi) is 5.97. The number of amidine groups is 1. The maximum atomic E-state index is 11.8. The summed E-state index contributed by atoms with van der Waals surface area (Å²) in [6.07, 6.45) is 1.57. The van der Waals surface area contributed by atoms with Gasteiger partial charge in [0.2, 0.25) is 5.75 Å². The Labute approximate surface area is 173 Å². The second-order valence-corrected chi connectivity index (χ2v) is 6.85. The molecule has 1 amide bonds. The highest BCUT2D eigenvalue weighted by Gasteiger charge is 2.24. The Bertz CT molecular complexity index is 1100. The van der Waals surface area contributed by atoms with Gasteiger partial charge in [-0.2, -0.15) is 0 Å². The second-order valence-electron chi connectivity index (χ2n) is 5.80. The number of carbonyl (C=O) groups excluding carboxylic acids is 1. The van der Waals surface area contributed by atoms with Crippen molar-refractivity contribution >= 4 is 40.3 Å². The first-order chi connectivity index (χ1) is 14.3. The maximum absolute atomic E-state index is 11.8. The van der Waals surface area contributed by atoms with Gasteiger partial charge in [0, 0.05) is 6.07 Å². The first-order valence-electron chi connectivity index (χ1n) is 8.45. The fourth-order valence-corrected chi connectivity index (χ4v) is 3.23. The van der Waals surface area contributed by atoms with Gasteiger partial charge < -0.3 is 14.8 Å². The smallest absolute Gasteiger partial charge is 0.318 e. The monoisotopic (exact) mass is 430 g/mol. The van der Waals surface area contributed by atoms with Gasteiger partial charge in [0.05, 0.1) is 27.4 Å². The Morgan fingerprint density at radius 1 is 1.10 bits per heavy atom. The van der Waals surface area contributed by atoms with Crippen LogP contribution in [0.1, 0.15) is 12.5 Å². The number of nitrogens with zero attached hydrogens (tertiary/aromatic N) is 2. The molecule has 0 bridgehead atoms. The molecule has 2 aromatic rings. The number of thioether (sulfide) groups is 1. The molecule has 0 spiro atoms. The molecule has 154 valence electrons. The van der Waals surface area contributed by atoms with E-state index >= 15 is 0 Å². The lowest BCUT2D eigenvalue weighted by atomic mass is 10.2. The van der Waals surface area contributed by atoms with Gasteiger partial charge in [-0.3, -0.25) is 30.4 Å². The van der Waals surface area contributed by atoms with Crippen LogP contribution in [0.15, 0.2) is 41.3 Å². The van der Waals surface area contributed by atoms with Gasteiger partial charge in [0.1, 0.15) is 0 Å². The van der Waals surface area contributed by atoms with Crippen LogP contribution in [-0.4, -0.2) is 27.5 Å². The highest BCUT2D eigenvalue weighted by Crippen LogP contribution is 2.39. The molecule has 1 saturated heterocycles. The number of hydrogen-bond acceptors (Lipinski definition) is 9. The van der Waals surface area contributed by atoms with Crippen LogP contribution in [0.2, 0.25) is 0 Å². The number of carbonyl (C=O) groups is 1. The standard InChI is InChI=1S/C18H14N4O7S/c1-2-28-15-7-10(8-16-17(23)20-18(19)30-16)3-5-14(15)29-13-6-4-11(21(24)25)9-12(13)22(26)27/h3-9H,2H2,1H3,(H2,19,20,23)/b16-8-. The molecule has 0 atom stereocenters. The first-order valence-corrected chi connectivity index (χ1v) is 9.27. The zero-order valence-corrected chi connectivity index (χ0v) is 16.2. The van der Waals surface area contributed by atoms with E-state index in [1.54, 1.807) is 25.1 Å². The Balaban J connectivity index is 1.96. The molecule has 12 heteroatoms. The largest absolute Gasteiger partial charge is 0.490 e. The summed E-state index contributed by atoms with van der Waals surface area (Å²) in [5, 5.41) is 32.1. The number of hydrogen-bond donors (Lipinski definition) is 2. The number of amides is 1. The number of benzene rings is 2. The summed E-state index contributed by atoms with van der Waals surface area (Å²) >= 11 is 0.985. The van der Waals surface area contributed by atoms with Gasteiger partial charge in [-0.15, -0.1) is 0 Å². The lowest BCUT2D eigenvalue weighted by molar-refractivity contribution is -0.394. The first kappa shape index (κ1) is 20.8. The fraction of sp³-hybridized carbons (Fsp3) is 0.111. The van der Waals surface area contributed by atoms with Crippen LogP contribution in [-0.2, 0) is 4.79 Å². The van der Waals surface area contributed by atoms with E-state index in [-0.39, 0.29) is 34.9 Å². The Hall–Kier alpha value is -3.93. The van der Waals surface area contributed by atoms with E-state index in [1.165, 1.54) is 6.07 Å². The predicted molar refractivity (Wildman–Crippen MR) is 109 cm³/mol. The molecule has 0 aromatic heterocycles. The molecule has 1 heterocycles. The van der Waals surface area contributed by atoms with Crippen molar-refractivity contribution in [2.24, 2.45) is 0 Å². The third kappa shape index (κ3) is 4.55.